The van der Waals surface area contributed by atoms with E-state index in [0.29, 0.717) is 12.5 Å². The maximum atomic E-state index is 13.6. The van der Waals surface area contributed by atoms with Crippen LogP contribution in [0, 0.1) is 11.7 Å². The number of aliphatic imine (C=N–C) groups is 1. The van der Waals surface area contributed by atoms with Crippen LogP contribution < -0.4 is 15.4 Å². The number of nitrogens with one attached hydrogen (secondary N) is 2. The average molecular weight is 336 g/mol. The summed E-state index contributed by atoms with van der Waals surface area (Å²) in [6.45, 7) is 5.68. The summed E-state index contributed by atoms with van der Waals surface area (Å²) >= 11 is 0. The molecule has 1 aromatic carbocycles. The van der Waals surface area contributed by atoms with Gasteiger partial charge in [0.2, 0.25) is 0 Å². The number of rotatable bonds is 6. The molecule has 2 atom stereocenters. The van der Waals surface area contributed by atoms with Gasteiger partial charge >= 0.3 is 0 Å². The van der Waals surface area contributed by atoms with Crippen molar-refractivity contribution in [1.82, 2.24) is 15.5 Å². The van der Waals surface area contributed by atoms with Crippen LogP contribution in [0.1, 0.15) is 19.8 Å². The van der Waals surface area contributed by atoms with Gasteiger partial charge in [-0.25, -0.2) is 4.39 Å². The molecule has 0 radical (unpaired) electrons. The molecule has 6 heteroatoms. The number of halogens is 1. The summed E-state index contributed by atoms with van der Waals surface area (Å²) in [5.41, 5.74) is 0. The minimum atomic E-state index is -0.340. The number of nitrogens with zero attached hydrogens (tertiary/aromatic N) is 2. The van der Waals surface area contributed by atoms with E-state index >= 15 is 0 Å². The van der Waals surface area contributed by atoms with E-state index in [2.05, 4.69) is 27.6 Å². The summed E-state index contributed by atoms with van der Waals surface area (Å²) in [6, 6.07) is 6.45. The van der Waals surface area contributed by atoms with Crippen molar-refractivity contribution in [3.05, 3.63) is 30.1 Å². The minimum Gasteiger partial charge on any atom is -0.486 e. The zero-order valence-corrected chi connectivity index (χ0v) is 14.9. The van der Waals surface area contributed by atoms with E-state index in [0.717, 1.165) is 19.0 Å². The van der Waals surface area contributed by atoms with Crippen molar-refractivity contribution in [3.63, 3.8) is 0 Å². The van der Waals surface area contributed by atoms with E-state index in [9.17, 15) is 4.39 Å². The molecule has 5 nitrogen and oxygen atoms in total. The Hall–Kier alpha value is -1.82. The first-order valence-corrected chi connectivity index (χ1v) is 8.62. The van der Waals surface area contributed by atoms with Gasteiger partial charge in [-0.15, -0.1) is 0 Å². The first kappa shape index (κ1) is 18.5. The van der Waals surface area contributed by atoms with E-state index in [4.69, 9.17) is 4.74 Å². The SMILES string of the molecule is CN=C(NCC1CCCN(C)C1)NCC(C)Oc1ccccc1F. The van der Waals surface area contributed by atoms with Gasteiger partial charge in [0.05, 0.1) is 6.54 Å². The van der Waals surface area contributed by atoms with Crippen LogP contribution >= 0.6 is 0 Å². The zero-order valence-electron chi connectivity index (χ0n) is 14.9. The van der Waals surface area contributed by atoms with Gasteiger partial charge in [0.15, 0.2) is 17.5 Å². The van der Waals surface area contributed by atoms with Gasteiger partial charge in [-0.05, 0) is 51.4 Å². The molecular weight excluding hydrogens is 307 g/mol. The average Bonchev–Trinajstić information content (AvgIpc) is 2.57. The highest BCUT2D eigenvalue weighted by molar-refractivity contribution is 5.79. The molecule has 0 aliphatic carbocycles. The second-order valence-corrected chi connectivity index (χ2v) is 6.46. The summed E-state index contributed by atoms with van der Waals surface area (Å²) in [5, 5.41) is 6.61. The molecule has 1 aliphatic rings. The van der Waals surface area contributed by atoms with E-state index in [1.807, 2.05) is 6.92 Å². The molecule has 0 aromatic heterocycles. The number of hydrogen-bond acceptors (Lipinski definition) is 3. The molecule has 0 amide bonds. The predicted octanol–water partition coefficient (Wildman–Crippen LogP) is 2.10. The number of para-hydroxylation sites is 1. The second kappa shape index (κ2) is 9.47. The zero-order chi connectivity index (χ0) is 17.4. The maximum Gasteiger partial charge on any atom is 0.191 e. The van der Waals surface area contributed by atoms with Gasteiger partial charge in [-0.1, -0.05) is 12.1 Å². The molecule has 2 N–H and O–H groups in total. The third-order valence-corrected chi connectivity index (χ3v) is 4.23. The highest BCUT2D eigenvalue weighted by atomic mass is 19.1. The highest BCUT2D eigenvalue weighted by Crippen LogP contribution is 2.16. The van der Waals surface area contributed by atoms with Crippen molar-refractivity contribution in [3.8, 4) is 5.75 Å². The van der Waals surface area contributed by atoms with Gasteiger partial charge in [0.1, 0.15) is 6.10 Å². The first-order chi connectivity index (χ1) is 11.6. The van der Waals surface area contributed by atoms with Crippen molar-refractivity contribution in [2.24, 2.45) is 10.9 Å². The maximum absolute atomic E-state index is 13.6. The summed E-state index contributed by atoms with van der Waals surface area (Å²) < 4.78 is 19.2. The molecule has 1 heterocycles. The number of hydrogen-bond donors (Lipinski definition) is 2. The molecule has 0 saturated carbocycles. The van der Waals surface area contributed by atoms with E-state index in [-0.39, 0.29) is 17.7 Å². The normalized spacial score (nSPS) is 20.5. The van der Waals surface area contributed by atoms with Gasteiger partial charge in [0, 0.05) is 20.1 Å². The Balaban J connectivity index is 1.71. The number of ether oxygens (including phenoxy) is 1. The fraction of sp³-hybridized carbons (Fsp3) is 0.611. The second-order valence-electron chi connectivity index (χ2n) is 6.46. The monoisotopic (exact) mass is 336 g/mol. The van der Waals surface area contributed by atoms with Crippen LogP contribution in [0.5, 0.6) is 5.75 Å². The highest BCUT2D eigenvalue weighted by Gasteiger charge is 2.17. The standard InChI is InChI=1S/C18H29FN4O/c1-14(24-17-9-5-4-8-16(17)19)11-21-18(20-2)22-12-15-7-6-10-23(3)13-15/h4-5,8-9,14-15H,6-7,10-13H2,1-3H3,(H2,20,21,22). The van der Waals surface area contributed by atoms with Gasteiger partial charge in [-0.3, -0.25) is 4.99 Å². The molecule has 134 valence electrons. The van der Waals surface area contributed by atoms with E-state index in [1.165, 1.54) is 25.5 Å². The first-order valence-electron chi connectivity index (χ1n) is 8.62. The lowest BCUT2D eigenvalue weighted by Gasteiger charge is -2.30. The Morgan fingerprint density at radius 3 is 2.92 bits per heavy atom. The molecule has 0 bridgehead atoms. The Bertz CT molecular complexity index is 538. The number of piperidine rings is 1. The van der Waals surface area contributed by atoms with Crippen LogP contribution in [0.15, 0.2) is 29.3 Å². The predicted molar refractivity (Wildman–Crippen MR) is 96.1 cm³/mol. The van der Waals surface area contributed by atoms with Gasteiger partial charge in [-0.2, -0.15) is 0 Å². The fourth-order valence-corrected chi connectivity index (χ4v) is 2.94. The van der Waals surface area contributed by atoms with E-state index in [1.54, 1.807) is 25.2 Å². The quantitative estimate of drug-likeness (QED) is 0.617. The number of likely N-dealkylation sites (tertiary alicyclic amines) is 1. The Labute approximate surface area is 144 Å². The summed E-state index contributed by atoms with van der Waals surface area (Å²) in [6.07, 6.45) is 2.34. The van der Waals surface area contributed by atoms with Gasteiger partial charge in [0.25, 0.3) is 0 Å². The molecule has 24 heavy (non-hydrogen) atoms. The van der Waals surface area contributed by atoms with Crippen LogP contribution in [0.3, 0.4) is 0 Å². The molecule has 0 spiro atoms. The Morgan fingerprint density at radius 1 is 1.42 bits per heavy atom. The smallest absolute Gasteiger partial charge is 0.191 e. The van der Waals surface area contributed by atoms with Crippen LogP contribution in [-0.2, 0) is 0 Å². The molecule has 1 aromatic rings. The molecule has 1 aliphatic heterocycles. The lowest BCUT2D eigenvalue weighted by Crippen LogP contribution is -2.45. The van der Waals surface area contributed by atoms with Gasteiger partial charge < -0.3 is 20.3 Å². The van der Waals surface area contributed by atoms with Crippen molar-refractivity contribution in [2.45, 2.75) is 25.9 Å². The third-order valence-electron chi connectivity index (χ3n) is 4.23. The molecular formula is C18H29FN4O. The molecule has 2 unspecified atom stereocenters. The largest absolute Gasteiger partial charge is 0.486 e. The van der Waals surface area contributed by atoms with Crippen LogP contribution in [0.2, 0.25) is 0 Å². The fourth-order valence-electron chi connectivity index (χ4n) is 2.94. The Kier molecular flexibility index (Phi) is 7.31. The lowest BCUT2D eigenvalue weighted by atomic mass is 9.99. The minimum absolute atomic E-state index is 0.165. The Morgan fingerprint density at radius 2 is 2.21 bits per heavy atom. The van der Waals surface area contributed by atoms with Crippen LogP contribution in [0.4, 0.5) is 4.39 Å². The summed E-state index contributed by atoms with van der Waals surface area (Å²) in [7, 11) is 3.92. The van der Waals surface area contributed by atoms with Crippen LogP contribution in [0.25, 0.3) is 0 Å². The molecule has 1 fully saturated rings. The number of benzene rings is 1. The van der Waals surface area contributed by atoms with E-state index < -0.39 is 0 Å². The lowest BCUT2D eigenvalue weighted by molar-refractivity contribution is 0.208. The molecule has 2 rings (SSSR count). The van der Waals surface area contributed by atoms with Crippen molar-refractivity contribution >= 4 is 5.96 Å². The molecule has 1 saturated heterocycles. The van der Waals surface area contributed by atoms with Crippen molar-refractivity contribution in [1.29, 1.82) is 0 Å². The summed E-state index contributed by atoms with van der Waals surface area (Å²) in [5.74, 6) is 1.34. The van der Waals surface area contributed by atoms with Crippen LogP contribution in [-0.4, -0.2) is 57.2 Å². The summed E-state index contributed by atoms with van der Waals surface area (Å²) in [4.78, 5) is 6.61. The van der Waals surface area contributed by atoms with Crippen molar-refractivity contribution < 1.29 is 9.13 Å². The van der Waals surface area contributed by atoms with Crippen molar-refractivity contribution in [2.75, 3.05) is 40.3 Å². The third kappa shape index (κ3) is 6.00. The number of guanidine groups is 1. The topological polar surface area (TPSA) is 48.9 Å².